The number of carbonyl (C=O) groups excluding carboxylic acids is 1. The summed E-state index contributed by atoms with van der Waals surface area (Å²) in [4.78, 5) is 24.3. The summed E-state index contributed by atoms with van der Waals surface area (Å²) in [6.45, 7) is 4.02. The van der Waals surface area contributed by atoms with E-state index in [9.17, 15) is 9.59 Å². The molecule has 0 aliphatic heterocycles. The Balaban J connectivity index is 2.23. The summed E-state index contributed by atoms with van der Waals surface area (Å²) in [6, 6.07) is 9.12. The number of nitrogens with zero attached hydrogens (tertiary/aromatic N) is 1. The van der Waals surface area contributed by atoms with Gasteiger partial charge in [-0.1, -0.05) is 32.0 Å². The molecule has 0 atom stereocenters. The Morgan fingerprint density at radius 1 is 1.11 bits per heavy atom. The first-order valence-electron chi connectivity index (χ1n) is 6.31. The van der Waals surface area contributed by atoms with Crippen molar-refractivity contribution in [2.24, 2.45) is 5.41 Å². The summed E-state index contributed by atoms with van der Waals surface area (Å²) < 4.78 is 6.67. The highest BCUT2D eigenvalue weighted by atomic mass is 16.4. The number of ketones is 1. The largest absolute Gasteiger partial charge is 0.424 e. The number of oxazole rings is 1. The van der Waals surface area contributed by atoms with Crippen molar-refractivity contribution >= 4 is 5.78 Å². The second-order valence-electron chi connectivity index (χ2n) is 5.75. The Hall–Kier alpha value is -2.10. The summed E-state index contributed by atoms with van der Waals surface area (Å²) >= 11 is 0. The van der Waals surface area contributed by atoms with Gasteiger partial charge in [0.1, 0.15) is 11.5 Å². The maximum atomic E-state index is 12.3. The summed E-state index contributed by atoms with van der Waals surface area (Å²) in [5.74, 6) is -0.00157. The molecule has 1 aromatic carbocycles. The highest BCUT2D eigenvalue weighted by molar-refractivity contribution is 5.97. The number of hydrogen-bond acceptors (Lipinski definition) is 3. The third kappa shape index (κ3) is 1.93. The fourth-order valence-corrected chi connectivity index (χ4v) is 2.64. The number of para-hydroxylation sites is 1. The average Bonchev–Trinajstić information content (AvgIpc) is 2.65. The van der Waals surface area contributed by atoms with Crippen molar-refractivity contribution in [1.29, 1.82) is 0 Å². The van der Waals surface area contributed by atoms with Gasteiger partial charge in [-0.3, -0.25) is 4.79 Å². The van der Waals surface area contributed by atoms with E-state index in [1.54, 1.807) is 12.1 Å². The number of benzene rings is 1. The van der Waals surface area contributed by atoms with Crippen LogP contribution in [0.1, 0.15) is 36.5 Å². The maximum Gasteiger partial charge on any atom is 0.424 e. The predicted molar refractivity (Wildman–Crippen MR) is 70.7 cm³/mol. The van der Waals surface area contributed by atoms with Crippen LogP contribution in [0.25, 0.3) is 5.69 Å². The molecule has 0 saturated carbocycles. The third-order valence-corrected chi connectivity index (χ3v) is 3.44. The summed E-state index contributed by atoms with van der Waals surface area (Å²) in [7, 11) is 0. The quantitative estimate of drug-likeness (QED) is 0.789. The van der Waals surface area contributed by atoms with Crippen LogP contribution in [0.4, 0.5) is 0 Å². The Morgan fingerprint density at radius 3 is 2.47 bits per heavy atom. The number of aromatic nitrogens is 1. The first kappa shape index (κ1) is 12.0. The minimum absolute atomic E-state index is 0.0269. The summed E-state index contributed by atoms with van der Waals surface area (Å²) in [5.41, 5.74) is 0.934. The first-order chi connectivity index (χ1) is 8.98. The van der Waals surface area contributed by atoms with Crippen LogP contribution >= 0.6 is 0 Å². The van der Waals surface area contributed by atoms with Gasteiger partial charge in [-0.05, 0) is 17.5 Å². The van der Waals surface area contributed by atoms with Crippen LogP contribution in [0.2, 0.25) is 0 Å². The van der Waals surface area contributed by atoms with Gasteiger partial charge in [0.15, 0.2) is 5.78 Å². The van der Waals surface area contributed by atoms with Crippen LogP contribution in [0, 0.1) is 5.41 Å². The van der Waals surface area contributed by atoms with Crippen molar-refractivity contribution < 1.29 is 9.21 Å². The summed E-state index contributed by atoms with van der Waals surface area (Å²) in [5, 5.41) is 0. The maximum absolute atomic E-state index is 12.3. The molecule has 1 aliphatic rings. The molecule has 0 unspecified atom stereocenters. The van der Waals surface area contributed by atoms with Gasteiger partial charge in [-0.15, -0.1) is 0 Å². The molecule has 0 N–H and O–H groups in total. The van der Waals surface area contributed by atoms with E-state index in [1.807, 2.05) is 32.0 Å². The lowest BCUT2D eigenvalue weighted by Gasteiger charge is -2.27. The van der Waals surface area contributed by atoms with Crippen LogP contribution in [0.15, 0.2) is 39.5 Å². The Bertz CT molecular complexity index is 692. The Kier molecular flexibility index (Phi) is 2.49. The molecule has 0 radical (unpaired) electrons. The fourth-order valence-electron chi connectivity index (χ4n) is 2.64. The molecule has 4 nitrogen and oxygen atoms in total. The number of Topliss-reactive ketones (excluding diaryl/α,β-unsaturated/α-hetero) is 1. The van der Waals surface area contributed by atoms with Gasteiger partial charge in [0.05, 0.1) is 5.69 Å². The number of hydrogen-bond donors (Lipinski definition) is 0. The number of rotatable bonds is 1. The molecule has 0 spiro atoms. The normalized spacial score (nSPS) is 17.3. The SMILES string of the molecule is CC1(C)CC(=O)c2c(oc(=O)n2-c2ccccc2)C1. The van der Waals surface area contributed by atoms with E-state index >= 15 is 0 Å². The smallest absolute Gasteiger partial charge is 0.412 e. The molecule has 0 bridgehead atoms. The van der Waals surface area contributed by atoms with E-state index in [1.165, 1.54) is 4.57 Å². The molecule has 0 fully saturated rings. The van der Waals surface area contributed by atoms with Gasteiger partial charge in [0, 0.05) is 12.8 Å². The molecular formula is C15H15NO3. The van der Waals surface area contributed by atoms with E-state index in [0.717, 1.165) is 0 Å². The van der Waals surface area contributed by atoms with Crippen LogP contribution < -0.4 is 5.76 Å². The molecule has 98 valence electrons. The minimum Gasteiger partial charge on any atom is -0.412 e. The van der Waals surface area contributed by atoms with Gasteiger partial charge in [0.25, 0.3) is 0 Å². The van der Waals surface area contributed by atoms with Crippen LogP contribution in [-0.4, -0.2) is 10.4 Å². The molecule has 1 aromatic heterocycles. The second kappa shape index (κ2) is 3.95. The standard InChI is InChI=1S/C15H15NO3/c1-15(2)8-11(17)13-12(9-15)19-14(18)16(13)10-6-4-3-5-7-10/h3-7H,8-9H2,1-2H3. The van der Waals surface area contributed by atoms with Crippen molar-refractivity contribution in [2.45, 2.75) is 26.7 Å². The molecular weight excluding hydrogens is 242 g/mol. The Labute approximate surface area is 110 Å². The lowest BCUT2D eigenvalue weighted by molar-refractivity contribution is 0.0897. The molecule has 2 aromatic rings. The van der Waals surface area contributed by atoms with Gasteiger partial charge >= 0.3 is 5.76 Å². The van der Waals surface area contributed by atoms with E-state index in [0.29, 0.717) is 30.0 Å². The van der Waals surface area contributed by atoms with E-state index in [2.05, 4.69) is 0 Å². The van der Waals surface area contributed by atoms with Gasteiger partial charge < -0.3 is 4.42 Å². The van der Waals surface area contributed by atoms with Crippen molar-refractivity contribution in [3.63, 3.8) is 0 Å². The molecule has 1 heterocycles. The zero-order valence-electron chi connectivity index (χ0n) is 11.0. The molecule has 1 aliphatic carbocycles. The predicted octanol–water partition coefficient (Wildman–Crippen LogP) is 2.59. The lowest BCUT2D eigenvalue weighted by atomic mass is 9.78. The van der Waals surface area contributed by atoms with E-state index in [4.69, 9.17) is 4.42 Å². The molecule has 3 rings (SSSR count). The van der Waals surface area contributed by atoms with Crippen LogP contribution in [0.3, 0.4) is 0 Å². The van der Waals surface area contributed by atoms with Gasteiger partial charge in [-0.25, -0.2) is 9.36 Å². The van der Waals surface area contributed by atoms with Crippen LogP contribution in [-0.2, 0) is 6.42 Å². The zero-order chi connectivity index (χ0) is 13.6. The molecule has 0 saturated heterocycles. The lowest BCUT2D eigenvalue weighted by Crippen LogP contribution is -2.28. The van der Waals surface area contributed by atoms with Crippen molar-refractivity contribution in [3.8, 4) is 5.69 Å². The molecule has 0 amide bonds. The highest BCUT2D eigenvalue weighted by Crippen LogP contribution is 2.34. The van der Waals surface area contributed by atoms with Crippen molar-refractivity contribution in [1.82, 2.24) is 4.57 Å². The zero-order valence-corrected chi connectivity index (χ0v) is 11.0. The second-order valence-corrected chi connectivity index (χ2v) is 5.75. The number of carbonyl (C=O) groups is 1. The fraction of sp³-hybridized carbons (Fsp3) is 0.333. The van der Waals surface area contributed by atoms with E-state index in [-0.39, 0.29) is 11.2 Å². The summed E-state index contributed by atoms with van der Waals surface area (Å²) in [6.07, 6.45) is 1.05. The topological polar surface area (TPSA) is 52.2 Å². The van der Waals surface area contributed by atoms with Crippen molar-refractivity contribution in [3.05, 3.63) is 52.3 Å². The molecule has 4 heteroatoms. The van der Waals surface area contributed by atoms with Crippen molar-refractivity contribution in [2.75, 3.05) is 0 Å². The average molecular weight is 257 g/mol. The minimum atomic E-state index is -0.484. The Morgan fingerprint density at radius 2 is 1.79 bits per heavy atom. The first-order valence-corrected chi connectivity index (χ1v) is 6.31. The monoisotopic (exact) mass is 257 g/mol. The van der Waals surface area contributed by atoms with Crippen LogP contribution in [0.5, 0.6) is 0 Å². The van der Waals surface area contributed by atoms with E-state index < -0.39 is 5.76 Å². The molecule has 19 heavy (non-hydrogen) atoms. The number of fused-ring (bicyclic) bond motifs is 1. The van der Waals surface area contributed by atoms with Gasteiger partial charge in [-0.2, -0.15) is 0 Å². The third-order valence-electron chi connectivity index (χ3n) is 3.44. The highest BCUT2D eigenvalue weighted by Gasteiger charge is 2.36. The van der Waals surface area contributed by atoms with Gasteiger partial charge in [0.2, 0.25) is 0 Å².